The summed E-state index contributed by atoms with van der Waals surface area (Å²) in [6, 6.07) is 10.2. The molecule has 1 aromatic rings. The molecule has 0 bridgehead atoms. The summed E-state index contributed by atoms with van der Waals surface area (Å²) in [7, 11) is 0. The minimum absolute atomic E-state index is 0.142. The number of aliphatic hydroxyl groups is 2. The molecule has 0 fully saturated rings. The maximum atomic E-state index is 9.86. The molecular weight excluding hydrogens is 200 g/mol. The summed E-state index contributed by atoms with van der Waals surface area (Å²) in [5, 5.41) is 18.5. The summed E-state index contributed by atoms with van der Waals surface area (Å²) in [5.74, 6) is 0. The van der Waals surface area contributed by atoms with Gasteiger partial charge in [0.1, 0.15) is 0 Å². The van der Waals surface area contributed by atoms with Crippen molar-refractivity contribution in [1.82, 2.24) is 0 Å². The van der Waals surface area contributed by atoms with Gasteiger partial charge in [-0.05, 0) is 37.3 Å². The third kappa shape index (κ3) is 4.60. The van der Waals surface area contributed by atoms with Crippen molar-refractivity contribution >= 4 is 0 Å². The molecule has 0 amide bonds. The highest BCUT2D eigenvalue weighted by Gasteiger charge is 2.05. The standard InChI is InChI=1S/C14H20O2/c1-12(6-5-11-15)14(16)10-9-13-7-3-2-4-8-13/h2-4,6-8,14-16H,5,9-11H2,1H3/b12-6-. The molecule has 88 valence electrons. The maximum Gasteiger partial charge on any atom is 0.0750 e. The molecular formula is C14H20O2. The molecule has 0 heterocycles. The van der Waals surface area contributed by atoms with Crippen LogP contribution in [0.4, 0.5) is 0 Å². The van der Waals surface area contributed by atoms with Crippen molar-refractivity contribution in [2.24, 2.45) is 0 Å². The molecule has 0 saturated heterocycles. The topological polar surface area (TPSA) is 40.5 Å². The largest absolute Gasteiger partial charge is 0.396 e. The fourth-order valence-corrected chi connectivity index (χ4v) is 1.60. The smallest absolute Gasteiger partial charge is 0.0750 e. The summed E-state index contributed by atoms with van der Waals surface area (Å²) in [6.45, 7) is 2.05. The van der Waals surface area contributed by atoms with Crippen molar-refractivity contribution in [3.63, 3.8) is 0 Å². The van der Waals surface area contributed by atoms with Crippen LogP contribution in [-0.2, 0) is 6.42 Å². The van der Waals surface area contributed by atoms with Crippen LogP contribution in [0.25, 0.3) is 0 Å². The van der Waals surface area contributed by atoms with Crippen molar-refractivity contribution in [3.05, 3.63) is 47.5 Å². The molecule has 2 heteroatoms. The molecule has 1 unspecified atom stereocenters. The molecule has 1 rings (SSSR count). The zero-order valence-electron chi connectivity index (χ0n) is 9.76. The van der Waals surface area contributed by atoms with E-state index in [1.54, 1.807) is 0 Å². The minimum Gasteiger partial charge on any atom is -0.396 e. The van der Waals surface area contributed by atoms with Gasteiger partial charge in [0.2, 0.25) is 0 Å². The van der Waals surface area contributed by atoms with Gasteiger partial charge in [0.05, 0.1) is 6.10 Å². The third-order valence-corrected chi connectivity index (χ3v) is 2.67. The predicted molar refractivity (Wildman–Crippen MR) is 66.2 cm³/mol. The molecule has 2 nitrogen and oxygen atoms in total. The SMILES string of the molecule is C/C(=C/CCO)C(O)CCc1ccccc1. The second kappa shape index (κ2) is 7.20. The van der Waals surface area contributed by atoms with E-state index in [1.165, 1.54) is 5.56 Å². The number of benzene rings is 1. The lowest BCUT2D eigenvalue weighted by Crippen LogP contribution is -2.09. The molecule has 0 spiro atoms. The molecule has 0 saturated carbocycles. The predicted octanol–water partition coefficient (Wildman–Crippen LogP) is 2.31. The van der Waals surface area contributed by atoms with Crippen LogP contribution < -0.4 is 0 Å². The van der Waals surface area contributed by atoms with E-state index >= 15 is 0 Å². The van der Waals surface area contributed by atoms with Gasteiger partial charge in [-0.2, -0.15) is 0 Å². The average molecular weight is 220 g/mol. The first-order valence-corrected chi connectivity index (χ1v) is 5.73. The lowest BCUT2D eigenvalue weighted by Gasteiger charge is -2.11. The van der Waals surface area contributed by atoms with Crippen LogP contribution in [0.2, 0.25) is 0 Å². The van der Waals surface area contributed by atoms with E-state index in [4.69, 9.17) is 5.11 Å². The number of aliphatic hydroxyl groups excluding tert-OH is 2. The van der Waals surface area contributed by atoms with Gasteiger partial charge in [-0.15, -0.1) is 0 Å². The molecule has 0 aliphatic carbocycles. The van der Waals surface area contributed by atoms with Crippen molar-refractivity contribution in [2.75, 3.05) is 6.61 Å². The quantitative estimate of drug-likeness (QED) is 0.722. The van der Waals surface area contributed by atoms with E-state index in [2.05, 4.69) is 12.1 Å². The fraction of sp³-hybridized carbons (Fsp3) is 0.429. The molecule has 0 aromatic heterocycles. The number of hydrogen-bond acceptors (Lipinski definition) is 2. The van der Waals surface area contributed by atoms with Crippen LogP contribution in [0.3, 0.4) is 0 Å². The van der Waals surface area contributed by atoms with Crippen LogP contribution in [-0.4, -0.2) is 22.9 Å². The van der Waals surface area contributed by atoms with Gasteiger partial charge >= 0.3 is 0 Å². The van der Waals surface area contributed by atoms with Gasteiger partial charge in [0.15, 0.2) is 0 Å². The zero-order chi connectivity index (χ0) is 11.8. The van der Waals surface area contributed by atoms with E-state index in [0.29, 0.717) is 6.42 Å². The van der Waals surface area contributed by atoms with E-state index in [1.807, 2.05) is 31.2 Å². The first-order chi connectivity index (χ1) is 7.74. The fourth-order valence-electron chi connectivity index (χ4n) is 1.60. The lowest BCUT2D eigenvalue weighted by molar-refractivity contribution is 0.200. The van der Waals surface area contributed by atoms with Gasteiger partial charge < -0.3 is 10.2 Å². The molecule has 2 N–H and O–H groups in total. The Kier molecular flexibility index (Phi) is 5.83. The highest BCUT2D eigenvalue weighted by Crippen LogP contribution is 2.11. The Hall–Kier alpha value is -1.12. The third-order valence-electron chi connectivity index (χ3n) is 2.67. The Morgan fingerprint density at radius 1 is 1.31 bits per heavy atom. The molecule has 0 radical (unpaired) electrons. The highest BCUT2D eigenvalue weighted by atomic mass is 16.3. The summed E-state index contributed by atoms with van der Waals surface area (Å²) in [4.78, 5) is 0. The number of rotatable bonds is 6. The second-order valence-corrected chi connectivity index (χ2v) is 4.00. The first-order valence-electron chi connectivity index (χ1n) is 5.73. The number of hydrogen-bond donors (Lipinski definition) is 2. The minimum atomic E-state index is -0.397. The molecule has 1 aromatic carbocycles. The normalized spacial score (nSPS) is 13.8. The van der Waals surface area contributed by atoms with Gasteiger partial charge in [-0.25, -0.2) is 0 Å². The summed E-state index contributed by atoms with van der Waals surface area (Å²) in [5.41, 5.74) is 2.20. The van der Waals surface area contributed by atoms with Crippen LogP contribution >= 0.6 is 0 Å². The van der Waals surface area contributed by atoms with E-state index in [9.17, 15) is 5.11 Å². The summed E-state index contributed by atoms with van der Waals surface area (Å²) in [6.07, 6.45) is 3.74. The monoisotopic (exact) mass is 220 g/mol. The Morgan fingerprint density at radius 3 is 2.62 bits per heavy atom. The van der Waals surface area contributed by atoms with Crippen LogP contribution in [0.1, 0.15) is 25.3 Å². The Balaban J connectivity index is 2.38. The van der Waals surface area contributed by atoms with E-state index in [-0.39, 0.29) is 6.61 Å². The highest BCUT2D eigenvalue weighted by molar-refractivity contribution is 5.15. The molecule has 16 heavy (non-hydrogen) atoms. The maximum absolute atomic E-state index is 9.86. The number of aryl methyl sites for hydroxylation is 1. The van der Waals surface area contributed by atoms with E-state index < -0.39 is 6.10 Å². The van der Waals surface area contributed by atoms with Crippen molar-refractivity contribution in [2.45, 2.75) is 32.3 Å². The molecule has 0 aliphatic heterocycles. The van der Waals surface area contributed by atoms with Gasteiger partial charge in [0.25, 0.3) is 0 Å². The van der Waals surface area contributed by atoms with Crippen LogP contribution in [0.15, 0.2) is 42.0 Å². The van der Waals surface area contributed by atoms with Crippen LogP contribution in [0, 0.1) is 0 Å². The van der Waals surface area contributed by atoms with Crippen molar-refractivity contribution in [1.29, 1.82) is 0 Å². The lowest BCUT2D eigenvalue weighted by atomic mass is 10.0. The Morgan fingerprint density at radius 2 is 2.00 bits per heavy atom. The van der Waals surface area contributed by atoms with Gasteiger partial charge in [-0.3, -0.25) is 0 Å². The Bertz CT molecular complexity index is 317. The average Bonchev–Trinajstić information content (AvgIpc) is 2.34. The summed E-state index contributed by atoms with van der Waals surface area (Å²) >= 11 is 0. The zero-order valence-corrected chi connectivity index (χ0v) is 9.76. The Labute approximate surface area is 97.2 Å². The molecule has 1 atom stereocenters. The molecule has 0 aliphatic rings. The first kappa shape index (κ1) is 12.9. The second-order valence-electron chi connectivity index (χ2n) is 4.00. The van der Waals surface area contributed by atoms with E-state index in [0.717, 1.165) is 18.4 Å². The summed E-state index contributed by atoms with van der Waals surface area (Å²) < 4.78 is 0. The van der Waals surface area contributed by atoms with Crippen molar-refractivity contribution < 1.29 is 10.2 Å². The van der Waals surface area contributed by atoms with Crippen molar-refractivity contribution in [3.8, 4) is 0 Å². The van der Waals surface area contributed by atoms with Gasteiger partial charge in [0, 0.05) is 6.61 Å². The van der Waals surface area contributed by atoms with Gasteiger partial charge in [-0.1, -0.05) is 36.4 Å². The van der Waals surface area contributed by atoms with Crippen LogP contribution in [0.5, 0.6) is 0 Å².